The van der Waals surface area contributed by atoms with E-state index in [1.807, 2.05) is 19.1 Å². The van der Waals surface area contributed by atoms with Gasteiger partial charge in [0, 0.05) is 30.2 Å². The van der Waals surface area contributed by atoms with Gasteiger partial charge in [-0.05, 0) is 48.7 Å². The van der Waals surface area contributed by atoms with Crippen LogP contribution in [0, 0.1) is 6.92 Å². The topological polar surface area (TPSA) is 68.0 Å². The highest BCUT2D eigenvalue weighted by molar-refractivity contribution is 5.95. The molecular formula is C15H17N3O. The molecule has 0 unspecified atom stereocenters. The summed E-state index contributed by atoms with van der Waals surface area (Å²) in [7, 11) is 0. The maximum Gasteiger partial charge on any atom is 0.251 e. The highest BCUT2D eigenvalue weighted by Crippen LogP contribution is 2.12. The van der Waals surface area contributed by atoms with Crippen LogP contribution in [0.1, 0.15) is 21.5 Å². The van der Waals surface area contributed by atoms with Gasteiger partial charge in [-0.25, -0.2) is 0 Å². The molecule has 2 rings (SSSR count). The molecule has 0 aliphatic rings. The highest BCUT2D eigenvalue weighted by atomic mass is 16.1. The summed E-state index contributed by atoms with van der Waals surface area (Å²) in [5.74, 6) is -0.0682. The number of anilines is 1. The molecule has 19 heavy (non-hydrogen) atoms. The first-order valence-electron chi connectivity index (χ1n) is 6.20. The Bertz CT molecular complexity index is 567. The Kier molecular flexibility index (Phi) is 4.13. The zero-order chi connectivity index (χ0) is 13.7. The average Bonchev–Trinajstić information content (AvgIpc) is 2.39. The van der Waals surface area contributed by atoms with Crippen LogP contribution in [-0.4, -0.2) is 17.4 Å². The van der Waals surface area contributed by atoms with Crippen LogP contribution in [0.2, 0.25) is 0 Å². The van der Waals surface area contributed by atoms with Crippen molar-refractivity contribution >= 4 is 11.6 Å². The number of rotatable bonds is 4. The Hall–Kier alpha value is -2.36. The molecule has 0 saturated heterocycles. The van der Waals surface area contributed by atoms with E-state index in [0.717, 1.165) is 17.5 Å². The Balaban J connectivity index is 1.91. The molecule has 4 heteroatoms. The normalized spacial score (nSPS) is 10.2. The Morgan fingerprint density at radius 3 is 2.89 bits per heavy atom. The number of nitrogens with one attached hydrogen (secondary N) is 1. The summed E-state index contributed by atoms with van der Waals surface area (Å²) in [4.78, 5) is 16.0. The third-order valence-corrected chi connectivity index (χ3v) is 2.92. The molecule has 0 radical (unpaired) electrons. The van der Waals surface area contributed by atoms with E-state index in [-0.39, 0.29) is 5.91 Å². The van der Waals surface area contributed by atoms with Crippen molar-refractivity contribution in [1.82, 2.24) is 10.3 Å². The lowest BCUT2D eigenvalue weighted by molar-refractivity contribution is 0.0953. The van der Waals surface area contributed by atoms with Crippen molar-refractivity contribution in [2.75, 3.05) is 12.3 Å². The number of hydrogen-bond donors (Lipinski definition) is 2. The van der Waals surface area contributed by atoms with E-state index in [4.69, 9.17) is 5.73 Å². The summed E-state index contributed by atoms with van der Waals surface area (Å²) in [6.07, 6.45) is 4.31. The minimum atomic E-state index is -0.0682. The summed E-state index contributed by atoms with van der Waals surface area (Å²) in [5.41, 5.74) is 9.00. The molecule has 0 aliphatic heterocycles. The number of nitrogens with zero attached hydrogens (tertiary/aromatic N) is 1. The van der Waals surface area contributed by atoms with Crippen molar-refractivity contribution in [3.05, 3.63) is 59.4 Å². The molecule has 1 aromatic heterocycles. The van der Waals surface area contributed by atoms with Crippen LogP contribution in [-0.2, 0) is 6.42 Å². The third kappa shape index (κ3) is 3.55. The van der Waals surface area contributed by atoms with Gasteiger partial charge in [0.2, 0.25) is 0 Å². The first-order chi connectivity index (χ1) is 9.16. The van der Waals surface area contributed by atoms with Crippen LogP contribution in [0.15, 0.2) is 42.7 Å². The van der Waals surface area contributed by atoms with Crippen molar-refractivity contribution in [3.8, 4) is 0 Å². The number of nitrogen functional groups attached to an aromatic ring is 1. The van der Waals surface area contributed by atoms with E-state index in [0.29, 0.717) is 17.8 Å². The van der Waals surface area contributed by atoms with Gasteiger partial charge in [-0.1, -0.05) is 6.07 Å². The molecule has 1 aromatic carbocycles. The molecule has 1 heterocycles. The van der Waals surface area contributed by atoms with Gasteiger partial charge < -0.3 is 11.1 Å². The average molecular weight is 255 g/mol. The van der Waals surface area contributed by atoms with Gasteiger partial charge in [0.05, 0.1) is 0 Å². The van der Waals surface area contributed by atoms with Gasteiger partial charge in [0.1, 0.15) is 0 Å². The Morgan fingerprint density at radius 1 is 1.37 bits per heavy atom. The first kappa shape index (κ1) is 13.1. The van der Waals surface area contributed by atoms with Gasteiger partial charge in [-0.3, -0.25) is 9.78 Å². The minimum absolute atomic E-state index is 0.0682. The van der Waals surface area contributed by atoms with E-state index in [9.17, 15) is 4.79 Å². The van der Waals surface area contributed by atoms with Crippen LogP contribution in [0.3, 0.4) is 0 Å². The van der Waals surface area contributed by atoms with E-state index in [1.165, 1.54) is 0 Å². The number of aromatic nitrogens is 1. The quantitative estimate of drug-likeness (QED) is 0.820. The SMILES string of the molecule is Cc1cc(N)ccc1C(=O)NCCc1cccnc1. The van der Waals surface area contributed by atoms with Crippen LogP contribution >= 0.6 is 0 Å². The zero-order valence-electron chi connectivity index (χ0n) is 10.9. The molecule has 4 nitrogen and oxygen atoms in total. The minimum Gasteiger partial charge on any atom is -0.399 e. The molecule has 0 spiro atoms. The maximum atomic E-state index is 12.0. The van der Waals surface area contributed by atoms with Crippen molar-refractivity contribution in [2.45, 2.75) is 13.3 Å². The second kappa shape index (κ2) is 6.00. The monoisotopic (exact) mass is 255 g/mol. The summed E-state index contributed by atoms with van der Waals surface area (Å²) < 4.78 is 0. The molecule has 0 atom stereocenters. The number of carbonyl (C=O) groups excluding carboxylic acids is 1. The molecule has 0 fully saturated rings. The number of aryl methyl sites for hydroxylation is 1. The fourth-order valence-electron chi connectivity index (χ4n) is 1.90. The maximum absolute atomic E-state index is 12.0. The van der Waals surface area contributed by atoms with Crippen LogP contribution < -0.4 is 11.1 Å². The van der Waals surface area contributed by atoms with Gasteiger partial charge in [-0.15, -0.1) is 0 Å². The highest BCUT2D eigenvalue weighted by Gasteiger charge is 2.08. The van der Waals surface area contributed by atoms with Crippen molar-refractivity contribution in [3.63, 3.8) is 0 Å². The summed E-state index contributed by atoms with van der Waals surface area (Å²) in [6, 6.07) is 9.18. The number of benzene rings is 1. The largest absolute Gasteiger partial charge is 0.399 e. The van der Waals surface area contributed by atoms with Gasteiger partial charge in [0.25, 0.3) is 5.91 Å². The molecule has 0 saturated carbocycles. The molecule has 2 aromatic rings. The number of carbonyl (C=O) groups is 1. The first-order valence-corrected chi connectivity index (χ1v) is 6.20. The van der Waals surface area contributed by atoms with E-state index in [2.05, 4.69) is 10.3 Å². The Morgan fingerprint density at radius 2 is 2.21 bits per heavy atom. The fraction of sp³-hybridized carbons (Fsp3) is 0.200. The standard InChI is InChI=1S/C15H17N3O/c1-11-9-13(16)4-5-14(11)15(19)18-8-6-12-3-2-7-17-10-12/h2-5,7,9-10H,6,8,16H2,1H3,(H,18,19). The summed E-state index contributed by atoms with van der Waals surface area (Å²) >= 11 is 0. The van der Waals surface area contributed by atoms with Gasteiger partial charge >= 0.3 is 0 Å². The molecule has 98 valence electrons. The van der Waals surface area contributed by atoms with Crippen LogP contribution in [0.25, 0.3) is 0 Å². The lowest BCUT2D eigenvalue weighted by atomic mass is 10.1. The second-order valence-electron chi connectivity index (χ2n) is 4.44. The predicted molar refractivity (Wildman–Crippen MR) is 75.9 cm³/mol. The second-order valence-corrected chi connectivity index (χ2v) is 4.44. The van der Waals surface area contributed by atoms with Crippen molar-refractivity contribution in [1.29, 1.82) is 0 Å². The zero-order valence-corrected chi connectivity index (χ0v) is 10.9. The van der Waals surface area contributed by atoms with Gasteiger partial charge in [-0.2, -0.15) is 0 Å². The van der Waals surface area contributed by atoms with E-state index in [1.54, 1.807) is 30.6 Å². The fourth-order valence-corrected chi connectivity index (χ4v) is 1.90. The lowest BCUT2D eigenvalue weighted by Gasteiger charge is -2.08. The lowest BCUT2D eigenvalue weighted by Crippen LogP contribution is -2.26. The Labute approximate surface area is 112 Å². The smallest absolute Gasteiger partial charge is 0.251 e. The van der Waals surface area contributed by atoms with Gasteiger partial charge in [0.15, 0.2) is 0 Å². The summed E-state index contributed by atoms with van der Waals surface area (Å²) in [6.45, 7) is 2.47. The number of hydrogen-bond acceptors (Lipinski definition) is 3. The molecular weight excluding hydrogens is 238 g/mol. The van der Waals surface area contributed by atoms with Crippen molar-refractivity contribution in [2.24, 2.45) is 0 Å². The summed E-state index contributed by atoms with van der Waals surface area (Å²) in [5, 5.41) is 2.90. The van der Waals surface area contributed by atoms with Crippen LogP contribution in [0.4, 0.5) is 5.69 Å². The van der Waals surface area contributed by atoms with Crippen LogP contribution in [0.5, 0.6) is 0 Å². The van der Waals surface area contributed by atoms with Crippen molar-refractivity contribution < 1.29 is 4.79 Å². The van der Waals surface area contributed by atoms with E-state index < -0.39 is 0 Å². The molecule has 0 aliphatic carbocycles. The molecule has 3 N–H and O–H groups in total. The predicted octanol–water partition coefficient (Wildman–Crippen LogP) is 1.94. The number of nitrogens with two attached hydrogens (primary N) is 1. The molecule has 1 amide bonds. The number of pyridine rings is 1. The number of amides is 1. The van der Waals surface area contributed by atoms with E-state index >= 15 is 0 Å². The molecule has 0 bridgehead atoms. The third-order valence-electron chi connectivity index (χ3n) is 2.92.